The van der Waals surface area contributed by atoms with Gasteiger partial charge in [-0.15, -0.1) is 41.0 Å². The van der Waals surface area contributed by atoms with Crippen molar-refractivity contribution in [3.8, 4) is 56.3 Å². The van der Waals surface area contributed by atoms with Crippen LogP contribution in [0.5, 0.6) is 11.5 Å². The Labute approximate surface area is 814 Å². The number of methoxy groups -OCH3 is 2. The topological polar surface area (TPSA) is 366 Å². The molecule has 39 heteroatoms. The summed E-state index contributed by atoms with van der Waals surface area (Å²) in [4.78, 5) is 74.5. The number of hydrogen-bond donors (Lipinski definition) is 2. The smallest absolute Gasteiger partial charge is 0.246 e. The highest BCUT2D eigenvalue weighted by Crippen LogP contribution is 2.37. The van der Waals surface area contributed by atoms with Crippen LogP contribution in [0.15, 0.2) is 269 Å². The zero-order chi connectivity index (χ0) is 96.2. The number of halogens is 1. The van der Waals surface area contributed by atoms with Gasteiger partial charge in [-0.1, -0.05) is 125 Å². The molecule has 0 saturated carbocycles. The lowest BCUT2D eigenvalue weighted by molar-refractivity contribution is -0.135. The fraction of sp³-hybridized carbons (Fsp3) is 0.276. The van der Waals surface area contributed by atoms with E-state index in [1.165, 1.54) is 70.1 Å². The van der Waals surface area contributed by atoms with Gasteiger partial charge in [0, 0.05) is 71.3 Å². The van der Waals surface area contributed by atoms with Gasteiger partial charge < -0.3 is 43.4 Å². The van der Waals surface area contributed by atoms with E-state index in [4.69, 9.17) is 22.9 Å². The van der Waals surface area contributed by atoms with E-state index in [9.17, 15) is 53.0 Å². The van der Waals surface area contributed by atoms with Gasteiger partial charge in [-0.3, -0.25) is 19.2 Å². The number of thiazole rings is 2. The number of rotatable bonds is 28. The van der Waals surface area contributed by atoms with Crippen LogP contribution >= 0.6 is 47.9 Å². The number of sulfonamides is 3. The number of ether oxygens (including phenoxy) is 2. The number of carbonyl (C=O) groups is 4. The van der Waals surface area contributed by atoms with Gasteiger partial charge in [0.05, 0.1) is 74.8 Å². The van der Waals surface area contributed by atoms with Crippen molar-refractivity contribution in [1.29, 1.82) is 0 Å². The van der Waals surface area contributed by atoms with Crippen LogP contribution < -0.4 is 20.1 Å². The molecule has 4 aliphatic rings. The van der Waals surface area contributed by atoms with E-state index in [1.54, 1.807) is 110 Å². The summed E-state index contributed by atoms with van der Waals surface area (Å²) in [6.45, 7) is 13.3. The molecule has 4 amide bonds. The normalized spacial score (nSPS) is 16.8. The summed E-state index contributed by atoms with van der Waals surface area (Å²) < 4.78 is 140. The van der Waals surface area contributed by atoms with Crippen molar-refractivity contribution < 1.29 is 76.0 Å². The van der Waals surface area contributed by atoms with Crippen molar-refractivity contribution in [1.82, 2.24) is 67.9 Å². The first-order chi connectivity index (χ1) is 65.4. The summed E-state index contributed by atoms with van der Waals surface area (Å²) >= 11 is 4.50. The second-order valence-corrected chi connectivity index (χ2v) is 43.5. The Balaban J connectivity index is 0.000000147. The van der Waals surface area contributed by atoms with Crippen LogP contribution in [0.4, 0.5) is 4.39 Å². The van der Waals surface area contributed by atoms with Crippen LogP contribution in [-0.4, -0.2) is 199 Å². The highest BCUT2D eigenvalue weighted by atomic mass is 32.2. The third-order valence-corrected chi connectivity index (χ3v) is 34.2. The Morgan fingerprint density at radius 3 is 1.59 bits per heavy atom. The van der Waals surface area contributed by atoms with Crippen molar-refractivity contribution in [3.63, 3.8) is 0 Å². The van der Waals surface area contributed by atoms with Crippen molar-refractivity contribution >= 4 is 139 Å². The number of amides is 4. The number of nitrogens with zero attached hydrogens (tertiary/aromatic N) is 12. The SMILES string of the molecule is C=CCN(Cc1nc(-c2ccc(OC)c(C)c2)no1)C(=O)C1CCCN1S(=O)(=O)c1ccc2ccccc2c1.C=S(=O)(c1ccc(F)cc1)N1CCCC1C(=O)NCc1ccc(-c2csc(C)n2)o1.COc1ccc(-c2noc(CN(C)C(=O)C3CCCN3S(=O)(=O)c3ccc4ccccc4c3)n2)cc1C.Cc1ccc(S(=O)(=O)N2CSCC2C(=O)NCc2csc(-c3ccccc3)n2)cc1.S. The number of thioether (sulfide) groups is 1. The lowest BCUT2D eigenvalue weighted by Crippen LogP contribution is -2.47. The summed E-state index contributed by atoms with van der Waals surface area (Å²) in [6, 6.07) is 59.1. The molecule has 2 N–H and O–H groups in total. The number of aromatic nitrogens is 6. The predicted molar refractivity (Wildman–Crippen MR) is 533 cm³/mol. The van der Waals surface area contributed by atoms with Crippen LogP contribution in [0.2, 0.25) is 0 Å². The van der Waals surface area contributed by atoms with Crippen LogP contribution in [0, 0.1) is 33.5 Å². The third-order valence-electron chi connectivity index (χ3n) is 23.4. The van der Waals surface area contributed by atoms with Gasteiger partial charge in [0.25, 0.3) is 0 Å². The molecule has 716 valence electrons. The molecule has 0 radical (unpaired) electrons. The minimum atomic E-state index is -3.89. The lowest BCUT2D eigenvalue weighted by Gasteiger charge is -2.28. The van der Waals surface area contributed by atoms with Gasteiger partial charge in [-0.2, -0.15) is 36.4 Å². The molecule has 5 atom stereocenters. The first-order valence-electron chi connectivity index (χ1n) is 43.6. The highest BCUT2D eigenvalue weighted by Gasteiger charge is 2.45. The fourth-order valence-electron chi connectivity index (χ4n) is 16.3. The minimum absolute atomic E-state index is 0. The number of hydrogen-bond acceptors (Lipinski definition) is 25. The van der Waals surface area contributed by atoms with E-state index in [-0.39, 0.29) is 109 Å². The Bertz CT molecular complexity index is 7170. The molecule has 4 saturated heterocycles. The molecular formula is C98H103FN14O16S8. The maximum atomic E-state index is 13.7. The summed E-state index contributed by atoms with van der Waals surface area (Å²) in [5.41, 5.74) is 6.93. The van der Waals surface area contributed by atoms with Gasteiger partial charge in [-0.05, 0) is 214 Å². The Morgan fingerprint density at radius 1 is 0.526 bits per heavy atom. The average Bonchev–Trinajstić information content (AvgIpc) is 1.73. The number of fused-ring (bicyclic) bond motifs is 2. The molecule has 0 bridgehead atoms. The molecule has 18 rings (SSSR count). The van der Waals surface area contributed by atoms with Crippen molar-refractivity contribution in [2.75, 3.05) is 59.1 Å². The van der Waals surface area contributed by atoms with Crippen LogP contribution in [0.1, 0.15) is 83.5 Å². The van der Waals surface area contributed by atoms with Gasteiger partial charge >= 0.3 is 0 Å². The van der Waals surface area contributed by atoms with E-state index < -0.39 is 69.8 Å². The maximum Gasteiger partial charge on any atom is 0.246 e. The largest absolute Gasteiger partial charge is 0.496 e. The van der Waals surface area contributed by atoms with E-state index >= 15 is 0 Å². The van der Waals surface area contributed by atoms with Crippen molar-refractivity contribution in [2.24, 2.45) is 0 Å². The number of furan rings is 1. The number of benzene rings is 9. The van der Waals surface area contributed by atoms with E-state index in [0.717, 1.165) is 94.2 Å². The maximum absolute atomic E-state index is 13.7. The number of carbonyl (C=O) groups excluding carboxylic acids is 4. The zero-order valence-electron chi connectivity index (χ0n) is 76.1. The summed E-state index contributed by atoms with van der Waals surface area (Å²) in [6.07, 6.45) is 5.00. The molecule has 0 aliphatic carbocycles. The predicted octanol–water partition coefficient (Wildman–Crippen LogP) is 15.8. The molecule has 4 fully saturated rings. The molecule has 30 nitrogen and oxygen atoms in total. The fourth-order valence-corrected chi connectivity index (χ4v) is 26.1. The van der Waals surface area contributed by atoms with Crippen molar-refractivity contribution in [3.05, 3.63) is 286 Å². The molecule has 5 aromatic heterocycles. The van der Waals surface area contributed by atoms with Gasteiger partial charge in [0.1, 0.15) is 64.5 Å². The van der Waals surface area contributed by atoms with E-state index in [1.807, 2.05) is 160 Å². The van der Waals surface area contributed by atoms with Crippen LogP contribution in [0.25, 0.3) is 66.3 Å². The summed E-state index contributed by atoms with van der Waals surface area (Å²) in [5, 5.41) is 23.1. The number of aryl methyl sites for hydroxylation is 4. The van der Waals surface area contributed by atoms with E-state index in [2.05, 4.69) is 53.3 Å². The molecule has 0 spiro atoms. The minimum Gasteiger partial charge on any atom is -0.496 e. The molecule has 9 heterocycles. The van der Waals surface area contributed by atoms with Gasteiger partial charge in [-0.25, -0.2) is 48.1 Å². The van der Waals surface area contributed by atoms with Crippen LogP contribution in [-0.2, 0) is 85.1 Å². The average molecular weight is 2010 g/mol. The first-order valence-corrected chi connectivity index (χ1v) is 52.5. The molecular weight excluding hydrogens is 1900 g/mol. The second kappa shape index (κ2) is 44.6. The Kier molecular flexibility index (Phi) is 32.8. The third kappa shape index (κ3) is 23.5. The molecule has 137 heavy (non-hydrogen) atoms. The summed E-state index contributed by atoms with van der Waals surface area (Å²) in [7, 11) is -9.52. The molecule has 5 unspecified atom stereocenters. The van der Waals surface area contributed by atoms with Crippen LogP contribution in [0.3, 0.4) is 0 Å². The quantitative estimate of drug-likeness (QED) is 0.0340. The first kappa shape index (κ1) is 101. The molecule has 4 aliphatic heterocycles. The molecule has 9 aromatic carbocycles. The zero-order valence-corrected chi connectivity index (χ0v) is 82.8. The number of nitrogens with one attached hydrogen (secondary N) is 2. The standard InChI is InChI=1S/C29H30N4O5S.C27H28N4O5S.C21H22FN3O3S2.C21H21N3O3S3.H2S/c1-4-15-32(19-27-30-28(31-38-27)23-12-14-26(37-3)20(2)17-23)29(34)25-10-7-16-33(25)39(35,36)24-13-11-21-8-5-6-9-22(21)18-24;1-18-15-21(11-13-24(18)35-3)26-28-25(36-29-26)17-30(2)27(32)23-9-6-14-31(23)37(33,34)22-12-10-19-7-4-5-8-20(19)16-22;1-14-24-18(13-29-14)20-10-7-16(28-20)12-23-21(26)19-4-3-11-25(19)30(2,27)17-8-5-15(22)6-9-17;1-15-7-9-18(10-8-15)30(26,27)24-14-28-13-19(24)20(25)22-11-17-12-29-21(23-17)16-5-3-2-4-6-16;/h4-6,8-9,11-14,17-18,25H,1,7,10,15-16,19H2,2-3H3;4-5,7-8,10-13,15-16,23H,6,9,14,17H2,1-3H3;5-10,13,19H,2-4,11-12H2,1H3,(H,23,26);2-10,12,19H,11,13-14H2,1H3,(H,22,25);1H2. The second-order valence-electron chi connectivity index (χ2n) is 32.7. The Hall–Kier alpha value is -12.1. The Morgan fingerprint density at radius 2 is 1.04 bits per heavy atom. The van der Waals surface area contributed by atoms with Gasteiger partial charge in [0.15, 0.2) is 5.76 Å². The van der Waals surface area contributed by atoms with E-state index in [0.29, 0.717) is 79.0 Å². The van der Waals surface area contributed by atoms with Gasteiger partial charge in [0.2, 0.25) is 77.1 Å². The lowest BCUT2D eigenvalue weighted by atomic mass is 10.1. The number of likely N-dealkylation sites (N-methyl/N-ethyl adjacent to an activating group) is 1. The molecule has 14 aromatic rings. The summed E-state index contributed by atoms with van der Waals surface area (Å²) in [5.74, 6) is 7.10. The van der Waals surface area contributed by atoms with Crippen molar-refractivity contribution in [2.45, 2.75) is 136 Å². The highest BCUT2D eigenvalue weighted by molar-refractivity contribution is 8.00. The monoisotopic (exact) mass is 2010 g/mol.